The van der Waals surface area contributed by atoms with E-state index in [9.17, 15) is 9.59 Å². The summed E-state index contributed by atoms with van der Waals surface area (Å²) < 4.78 is 1.15. The molecule has 9 heteroatoms. The Hall–Kier alpha value is -3.20. The summed E-state index contributed by atoms with van der Waals surface area (Å²) in [6.45, 7) is 2.07. The van der Waals surface area contributed by atoms with E-state index in [1.165, 1.54) is 17.3 Å². The van der Waals surface area contributed by atoms with E-state index in [0.29, 0.717) is 21.6 Å². The van der Waals surface area contributed by atoms with Crippen LogP contribution in [0.4, 0.5) is 11.4 Å². The minimum absolute atomic E-state index is 0.0507. The zero-order valence-electron chi connectivity index (χ0n) is 18.0. The van der Waals surface area contributed by atoms with Crippen LogP contribution in [0.2, 0.25) is 5.02 Å². The zero-order valence-corrected chi connectivity index (χ0v) is 20.4. The van der Waals surface area contributed by atoms with Crippen LogP contribution in [0.15, 0.2) is 71.7 Å². The van der Waals surface area contributed by atoms with Gasteiger partial charge in [-0.25, -0.2) is 9.98 Å². The summed E-state index contributed by atoms with van der Waals surface area (Å²) in [6, 6.07) is 20.8. The molecule has 6 nitrogen and oxygen atoms in total. The van der Waals surface area contributed by atoms with Crippen LogP contribution >= 0.6 is 34.7 Å². The van der Waals surface area contributed by atoms with Crippen molar-refractivity contribution >= 4 is 73.3 Å². The summed E-state index contributed by atoms with van der Waals surface area (Å²) in [7, 11) is 0. The van der Waals surface area contributed by atoms with Crippen LogP contribution in [-0.4, -0.2) is 27.2 Å². The number of nitrogens with zero attached hydrogens (tertiary/aromatic N) is 2. The van der Waals surface area contributed by atoms with Gasteiger partial charge in [-0.2, -0.15) is 0 Å². The molecule has 2 amide bonds. The quantitative estimate of drug-likeness (QED) is 0.339. The Balaban J connectivity index is 1.20. The molecule has 1 aliphatic rings. The lowest BCUT2D eigenvalue weighted by Gasteiger charge is -2.08. The first-order chi connectivity index (χ1) is 16.4. The highest BCUT2D eigenvalue weighted by Crippen LogP contribution is 2.31. The molecule has 4 aromatic rings. The molecule has 0 bridgehead atoms. The molecule has 2 N–H and O–H groups in total. The Morgan fingerprint density at radius 3 is 2.65 bits per heavy atom. The van der Waals surface area contributed by atoms with Crippen LogP contribution in [0.5, 0.6) is 0 Å². The van der Waals surface area contributed by atoms with Crippen LogP contribution in [0.25, 0.3) is 20.8 Å². The van der Waals surface area contributed by atoms with Gasteiger partial charge in [0, 0.05) is 22.7 Å². The fourth-order valence-electron chi connectivity index (χ4n) is 3.46. The van der Waals surface area contributed by atoms with E-state index < -0.39 is 5.25 Å². The standard InChI is InChI=1S/C25H19ClN4O2S2/c1-14-2-11-19-20(12-14)33-24(29-19)15-3-7-17(8-4-15)27-22(31)13-21-23(32)30-25(34-21)28-18-9-5-16(26)6-10-18/h2-12,21H,13H2,1H3,(H,27,31)(H,28,30,32). The molecule has 3 aromatic carbocycles. The Kier molecular flexibility index (Phi) is 6.36. The number of thiazole rings is 1. The van der Waals surface area contributed by atoms with Gasteiger partial charge in [-0.3, -0.25) is 9.59 Å². The number of hydrogen-bond acceptors (Lipinski definition) is 6. The van der Waals surface area contributed by atoms with Crippen molar-refractivity contribution in [3.63, 3.8) is 0 Å². The molecule has 2 heterocycles. The average Bonchev–Trinajstić information content (AvgIpc) is 3.38. The molecule has 1 atom stereocenters. The number of aromatic nitrogens is 1. The molecule has 34 heavy (non-hydrogen) atoms. The number of carbonyl (C=O) groups excluding carboxylic acids is 2. The van der Waals surface area contributed by atoms with Crippen LogP contribution < -0.4 is 10.6 Å². The first-order valence-corrected chi connectivity index (χ1v) is 12.6. The summed E-state index contributed by atoms with van der Waals surface area (Å²) in [5.74, 6) is -0.460. The Morgan fingerprint density at radius 1 is 1.12 bits per heavy atom. The van der Waals surface area contributed by atoms with E-state index in [4.69, 9.17) is 16.6 Å². The van der Waals surface area contributed by atoms with Crippen molar-refractivity contribution in [2.75, 3.05) is 5.32 Å². The van der Waals surface area contributed by atoms with E-state index in [2.05, 4.69) is 34.7 Å². The number of amides is 2. The van der Waals surface area contributed by atoms with Crippen molar-refractivity contribution in [2.45, 2.75) is 18.6 Å². The molecule has 0 aliphatic carbocycles. The van der Waals surface area contributed by atoms with Gasteiger partial charge in [-0.15, -0.1) is 11.3 Å². The number of nitrogens with one attached hydrogen (secondary N) is 2. The number of hydrogen-bond donors (Lipinski definition) is 2. The topological polar surface area (TPSA) is 83.4 Å². The van der Waals surface area contributed by atoms with Crippen LogP contribution in [0, 0.1) is 6.92 Å². The minimum Gasteiger partial charge on any atom is -0.326 e. The summed E-state index contributed by atoms with van der Waals surface area (Å²) in [5, 5.41) is 7.09. The molecule has 0 spiro atoms. The third-order valence-corrected chi connectivity index (χ3v) is 7.57. The lowest BCUT2D eigenvalue weighted by molar-refractivity contribution is -0.122. The molecular weight excluding hydrogens is 488 g/mol. The van der Waals surface area contributed by atoms with E-state index in [0.717, 1.165) is 20.8 Å². The van der Waals surface area contributed by atoms with Crippen molar-refractivity contribution < 1.29 is 9.59 Å². The average molecular weight is 507 g/mol. The van der Waals surface area contributed by atoms with Crippen molar-refractivity contribution in [3.8, 4) is 10.6 Å². The molecule has 1 aromatic heterocycles. The van der Waals surface area contributed by atoms with Crippen LogP contribution in [-0.2, 0) is 9.59 Å². The molecule has 0 saturated carbocycles. The lowest BCUT2D eigenvalue weighted by atomic mass is 10.2. The van der Waals surface area contributed by atoms with E-state index in [1.807, 2.05) is 30.3 Å². The van der Waals surface area contributed by atoms with Crippen molar-refractivity contribution in [3.05, 3.63) is 77.3 Å². The molecule has 170 valence electrons. The van der Waals surface area contributed by atoms with Gasteiger partial charge in [0.25, 0.3) is 0 Å². The number of fused-ring (bicyclic) bond motifs is 1. The smallest absolute Gasteiger partial charge is 0.240 e. The second kappa shape index (κ2) is 9.58. The predicted molar refractivity (Wildman–Crippen MR) is 141 cm³/mol. The Labute approximate surface area is 209 Å². The Morgan fingerprint density at radius 2 is 1.88 bits per heavy atom. The van der Waals surface area contributed by atoms with Gasteiger partial charge in [0.05, 0.1) is 15.9 Å². The Bertz CT molecular complexity index is 1420. The highest BCUT2D eigenvalue weighted by atomic mass is 35.5. The normalized spacial score (nSPS) is 16.7. The number of carbonyl (C=O) groups is 2. The molecule has 1 aliphatic heterocycles. The fourth-order valence-corrected chi connectivity index (χ4v) is 5.64. The van der Waals surface area contributed by atoms with Gasteiger partial charge in [0.1, 0.15) is 10.3 Å². The predicted octanol–water partition coefficient (Wildman–Crippen LogP) is 6.17. The van der Waals surface area contributed by atoms with Gasteiger partial charge >= 0.3 is 0 Å². The monoisotopic (exact) mass is 506 g/mol. The van der Waals surface area contributed by atoms with E-state index >= 15 is 0 Å². The third-order valence-electron chi connectivity index (χ3n) is 5.16. The summed E-state index contributed by atoms with van der Waals surface area (Å²) >= 11 is 8.78. The highest BCUT2D eigenvalue weighted by Gasteiger charge is 2.32. The number of anilines is 1. The number of aryl methyl sites for hydroxylation is 1. The number of halogens is 1. The first kappa shape index (κ1) is 22.6. The number of benzene rings is 3. The van der Waals surface area contributed by atoms with Crippen molar-refractivity contribution in [1.82, 2.24) is 10.3 Å². The number of rotatable bonds is 5. The molecule has 1 fully saturated rings. The van der Waals surface area contributed by atoms with Crippen molar-refractivity contribution in [2.24, 2.45) is 4.99 Å². The summed E-state index contributed by atoms with van der Waals surface area (Å²) in [5.41, 5.74) is 4.53. The van der Waals surface area contributed by atoms with Crippen molar-refractivity contribution in [1.29, 1.82) is 0 Å². The van der Waals surface area contributed by atoms with Gasteiger partial charge in [0.15, 0.2) is 5.17 Å². The zero-order chi connectivity index (χ0) is 23.7. The molecular formula is C25H19ClN4O2S2. The maximum atomic E-state index is 12.6. The maximum absolute atomic E-state index is 12.6. The lowest BCUT2D eigenvalue weighted by Crippen LogP contribution is -2.28. The van der Waals surface area contributed by atoms with Gasteiger partial charge in [0.2, 0.25) is 11.8 Å². The molecule has 5 rings (SSSR count). The number of aliphatic imine (C=N–C) groups is 1. The molecule has 1 unspecified atom stereocenters. The maximum Gasteiger partial charge on any atom is 0.240 e. The number of amidine groups is 1. The second-order valence-electron chi connectivity index (χ2n) is 7.81. The van der Waals surface area contributed by atoms with Gasteiger partial charge < -0.3 is 10.6 Å². The fraction of sp³-hybridized carbons (Fsp3) is 0.120. The molecule has 1 saturated heterocycles. The summed E-state index contributed by atoms with van der Waals surface area (Å²) in [4.78, 5) is 33.9. The van der Waals surface area contributed by atoms with Crippen LogP contribution in [0.1, 0.15) is 12.0 Å². The highest BCUT2D eigenvalue weighted by molar-refractivity contribution is 8.15. The minimum atomic E-state index is -0.531. The van der Waals surface area contributed by atoms with E-state index in [-0.39, 0.29) is 18.2 Å². The molecule has 0 radical (unpaired) electrons. The van der Waals surface area contributed by atoms with Gasteiger partial charge in [-0.05, 0) is 73.2 Å². The third kappa shape index (κ3) is 5.14. The SMILES string of the molecule is Cc1ccc2nc(-c3ccc(NC(=O)CC4SC(=Nc5ccc(Cl)cc5)NC4=O)cc3)sc2c1. The van der Waals surface area contributed by atoms with Gasteiger partial charge in [-0.1, -0.05) is 29.4 Å². The largest absolute Gasteiger partial charge is 0.326 e. The second-order valence-corrected chi connectivity index (χ2v) is 10.5. The summed E-state index contributed by atoms with van der Waals surface area (Å²) in [6.07, 6.45) is 0.0507. The van der Waals surface area contributed by atoms with E-state index in [1.54, 1.807) is 35.6 Å². The number of thioether (sulfide) groups is 1. The van der Waals surface area contributed by atoms with Crippen LogP contribution in [0.3, 0.4) is 0 Å². The first-order valence-electron chi connectivity index (χ1n) is 10.5.